The Bertz CT molecular complexity index is 604. The van der Waals surface area contributed by atoms with Crippen LogP contribution in [-0.4, -0.2) is 45.5 Å². The summed E-state index contributed by atoms with van der Waals surface area (Å²) < 4.78 is 32.6. The van der Waals surface area contributed by atoms with Crippen LogP contribution >= 0.6 is 12.4 Å². The predicted molar refractivity (Wildman–Crippen MR) is 85.9 cm³/mol. The largest absolute Gasteiger partial charge is 0.495 e. The van der Waals surface area contributed by atoms with Gasteiger partial charge in [0.2, 0.25) is 10.0 Å². The smallest absolute Gasteiger partial charge is 0.247 e. The van der Waals surface area contributed by atoms with Crippen molar-refractivity contribution in [1.82, 2.24) is 9.62 Å². The van der Waals surface area contributed by atoms with E-state index in [0.29, 0.717) is 30.3 Å². The van der Waals surface area contributed by atoms with Crippen LogP contribution in [0.15, 0.2) is 17.0 Å². The third kappa shape index (κ3) is 3.69. The molecule has 1 saturated heterocycles. The Hall–Kier alpha value is -0.820. The molecule has 0 amide bonds. The molecule has 21 heavy (non-hydrogen) atoms. The Morgan fingerprint density at radius 3 is 2.57 bits per heavy atom. The summed E-state index contributed by atoms with van der Waals surface area (Å²) >= 11 is 0. The molecular weight excluding hydrogens is 312 g/mol. The number of ether oxygens (including phenoxy) is 1. The van der Waals surface area contributed by atoms with Gasteiger partial charge in [-0.25, -0.2) is 8.42 Å². The van der Waals surface area contributed by atoms with Gasteiger partial charge in [0.1, 0.15) is 10.6 Å². The number of nitrogens with zero attached hydrogens (tertiary/aromatic N) is 1. The fraction of sp³-hybridized carbons (Fsp3) is 0.571. The van der Waals surface area contributed by atoms with Gasteiger partial charge in [-0.2, -0.15) is 4.31 Å². The van der Waals surface area contributed by atoms with Gasteiger partial charge in [0, 0.05) is 25.7 Å². The summed E-state index contributed by atoms with van der Waals surface area (Å²) in [4.78, 5) is 0.291. The lowest BCUT2D eigenvalue weighted by molar-refractivity contribution is 0.308. The average Bonchev–Trinajstić information content (AvgIpc) is 2.37. The topological polar surface area (TPSA) is 58.6 Å². The first kappa shape index (κ1) is 18.2. The summed E-state index contributed by atoms with van der Waals surface area (Å²) in [6.45, 7) is 7.38. The van der Waals surface area contributed by atoms with Crippen molar-refractivity contribution >= 4 is 22.4 Å². The second-order valence-electron chi connectivity index (χ2n) is 5.33. The Morgan fingerprint density at radius 1 is 1.33 bits per heavy atom. The van der Waals surface area contributed by atoms with Gasteiger partial charge in [-0.05, 0) is 38.0 Å². The standard InChI is InChI=1S/C14H22N2O3S.ClH/c1-10-7-11(2)14(13(8-10)19-4)20(17,18)16-6-5-15-12(3)9-16;/h7-8,12,15H,5-6,9H2,1-4H3;1H. The molecule has 1 N–H and O–H groups in total. The molecule has 1 atom stereocenters. The molecule has 1 unspecified atom stereocenters. The highest BCUT2D eigenvalue weighted by molar-refractivity contribution is 7.89. The van der Waals surface area contributed by atoms with E-state index in [4.69, 9.17) is 4.74 Å². The summed E-state index contributed by atoms with van der Waals surface area (Å²) in [5.41, 5.74) is 1.72. The minimum Gasteiger partial charge on any atom is -0.495 e. The number of methoxy groups -OCH3 is 1. The number of rotatable bonds is 3. The molecule has 0 radical (unpaired) electrons. The highest BCUT2D eigenvalue weighted by atomic mass is 35.5. The molecule has 0 spiro atoms. The van der Waals surface area contributed by atoms with Crippen molar-refractivity contribution in [2.75, 3.05) is 26.7 Å². The third-order valence-electron chi connectivity index (χ3n) is 3.53. The second kappa shape index (κ2) is 6.96. The van der Waals surface area contributed by atoms with Gasteiger partial charge in [0.05, 0.1) is 7.11 Å². The summed E-state index contributed by atoms with van der Waals surface area (Å²) in [5.74, 6) is 0.425. The maximum absolute atomic E-state index is 12.9. The van der Waals surface area contributed by atoms with Gasteiger partial charge in [0.25, 0.3) is 0 Å². The van der Waals surface area contributed by atoms with Crippen LogP contribution < -0.4 is 10.1 Å². The number of sulfonamides is 1. The number of halogens is 1. The van der Waals surface area contributed by atoms with E-state index in [0.717, 1.165) is 11.1 Å². The zero-order chi connectivity index (χ0) is 14.9. The highest BCUT2D eigenvalue weighted by Gasteiger charge is 2.32. The van der Waals surface area contributed by atoms with E-state index in [9.17, 15) is 8.42 Å². The van der Waals surface area contributed by atoms with E-state index in [1.54, 1.807) is 6.07 Å². The number of benzene rings is 1. The summed E-state index contributed by atoms with van der Waals surface area (Å²) in [6.07, 6.45) is 0. The van der Waals surface area contributed by atoms with E-state index in [1.807, 2.05) is 26.8 Å². The van der Waals surface area contributed by atoms with Gasteiger partial charge in [0.15, 0.2) is 0 Å². The lowest BCUT2D eigenvalue weighted by Crippen LogP contribution is -2.51. The fourth-order valence-electron chi connectivity index (χ4n) is 2.64. The van der Waals surface area contributed by atoms with Gasteiger partial charge < -0.3 is 10.1 Å². The summed E-state index contributed by atoms with van der Waals surface area (Å²) in [6, 6.07) is 3.81. The second-order valence-corrected chi connectivity index (χ2v) is 7.21. The SMILES string of the molecule is COc1cc(C)cc(C)c1S(=O)(=O)N1CCNC(C)C1.Cl. The van der Waals surface area contributed by atoms with Crippen LogP contribution in [0.2, 0.25) is 0 Å². The molecule has 2 rings (SSSR count). The van der Waals surface area contributed by atoms with E-state index in [1.165, 1.54) is 11.4 Å². The van der Waals surface area contributed by atoms with Gasteiger partial charge >= 0.3 is 0 Å². The Labute approximate surface area is 133 Å². The normalized spacial score (nSPS) is 19.9. The van der Waals surface area contributed by atoms with E-state index < -0.39 is 10.0 Å². The molecule has 7 heteroatoms. The number of piperazine rings is 1. The van der Waals surface area contributed by atoms with Crippen LogP contribution in [0.4, 0.5) is 0 Å². The minimum atomic E-state index is -3.52. The quantitative estimate of drug-likeness (QED) is 0.914. The molecule has 1 aromatic rings. The molecule has 1 aliphatic rings. The van der Waals surface area contributed by atoms with E-state index in [-0.39, 0.29) is 18.4 Å². The Balaban J connectivity index is 0.00000220. The van der Waals surface area contributed by atoms with Crippen LogP contribution in [0.25, 0.3) is 0 Å². The first-order valence-electron chi connectivity index (χ1n) is 6.75. The monoisotopic (exact) mass is 334 g/mol. The first-order valence-corrected chi connectivity index (χ1v) is 8.19. The molecule has 1 heterocycles. The van der Waals surface area contributed by atoms with Crippen LogP contribution in [0, 0.1) is 13.8 Å². The van der Waals surface area contributed by atoms with Crippen molar-refractivity contribution in [3.8, 4) is 5.75 Å². The Morgan fingerprint density at radius 2 is 2.00 bits per heavy atom. The maximum Gasteiger partial charge on any atom is 0.247 e. The van der Waals surface area contributed by atoms with Crippen molar-refractivity contribution in [3.05, 3.63) is 23.3 Å². The molecule has 1 aliphatic heterocycles. The fourth-order valence-corrected chi connectivity index (χ4v) is 4.51. The lowest BCUT2D eigenvalue weighted by atomic mass is 10.1. The van der Waals surface area contributed by atoms with Gasteiger partial charge in [-0.15, -0.1) is 12.4 Å². The first-order chi connectivity index (χ1) is 9.36. The molecule has 120 valence electrons. The number of hydrogen-bond acceptors (Lipinski definition) is 4. The molecule has 0 saturated carbocycles. The molecule has 0 aliphatic carbocycles. The zero-order valence-electron chi connectivity index (χ0n) is 12.8. The molecule has 1 aromatic carbocycles. The lowest BCUT2D eigenvalue weighted by Gasteiger charge is -2.31. The Kier molecular flexibility index (Phi) is 6.04. The van der Waals surface area contributed by atoms with Crippen LogP contribution in [0.3, 0.4) is 0 Å². The van der Waals surface area contributed by atoms with Crippen molar-refractivity contribution in [2.24, 2.45) is 0 Å². The average molecular weight is 335 g/mol. The molecule has 0 bridgehead atoms. The molecule has 1 fully saturated rings. The molecular formula is C14H23ClN2O3S. The van der Waals surface area contributed by atoms with Crippen molar-refractivity contribution in [2.45, 2.75) is 31.7 Å². The number of hydrogen-bond donors (Lipinski definition) is 1. The van der Waals surface area contributed by atoms with Gasteiger partial charge in [-0.3, -0.25) is 0 Å². The highest BCUT2D eigenvalue weighted by Crippen LogP contribution is 2.31. The van der Waals surface area contributed by atoms with Gasteiger partial charge in [-0.1, -0.05) is 6.07 Å². The van der Waals surface area contributed by atoms with Crippen LogP contribution in [0.1, 0.15) is 18.1 Å². The molecule has 0 aromatic heterocycles. The summed E-state index contributed by atoms with van der Waals surface area (Å²) in [7, 11) is -2.01. The summed E-state index contributed by atoms with van der Waals surface area (Å²) in [5, 5.41) is 3.25. The molecule has 5 nitrogen and oxygen atoms in total. The van der Waals surface area contributed by atoms with Crippen molar-refractivity contribution < 1.29 is 13.2 Å². The minimum absolute atomic E-state index is 0. The predicted octanol–water partition coefficient (Wildman–Crippen LogP) is 1.72. The van der Waals surface area contributed by atoms with Crippen LogP contribution in [-0.2, 0) is 10.0 Å². The number of aryl methyl sites for hydroxylation is 2. The zero-order valence-corrected chi connectivity index (χ0v) is 14.5. The maximum atomic E-state index is 12.9. The van der Waals surface area contributed by atoms with Crippen molar-refractivity contribution in [1.29, 1.82) is 0 Å². The number of nitrogens with one attached hydrogen (secondary N) is 1. The van der Waals surface area contributed by atoms with Crippen molar-refractivity contribution in [3.63, 3.8) is 0 Å². The van der Waals surface area contributed by atoms with Crippen LogP contribution in [0.5, 0.6) is 5.75 Å². The van der Waals surface area contributed by atoms with E-state index >= 15 is 0 Å². The van der Waals surface area contributed by atoms with E-state index in [2.05, 4.69) is 5.32 Å². The third-order valence-corrected chi connectivity index (χ3v) is 5.58.